The summed E-state index contributed by atoms with van der Waals surface area (Å²) in [4.78, 5) is 24.4. The molecule has 25 heavy (non-hydrogen) atoms. The number of aromatic nitrogens is 1. The normalized spacial score (nSPS) is 11.2. The second kappa shape index (κ2) is 6.98. The van der Waals surface area contributed by atoms with Gasteiger partial charge in [-0.15, -0.1) is 11.8 Å². The van der Waals surface area contributed by atoms with Crippen molar-refractivity contribution in [3.8, 4) is 6.07 Å². The summed E-state index contributed by atoms with van der Waals surface area (Å²) in [6.07, 6.45) is -4.90. The standard InChI is InChI=1S/C15H8F4N2O3S/c16-11-2-1-7(14(23)24)3-8(11)6-25-13-9(5-20)10(15(17,18)19)4-12(22)21-13/h1-4H,6H2,(H,21,22)(H,23,24). The molecule has 0 saturated carbocycles. The highest BCUT2D eigenvalue weighted by Crippen LogP contribution is 2.35. The van der Waals surface area contributed by atoms with Crippen molar-refractivity contribution < 1.29 is 27.5 Å². The number of carbonyl (C=O) groups is 1. The number of halogens is 4. The van der Waals surface area contributed by atoms with Crippen molar-refractivity contribution in [1.29, 1.82) is 5.26 Å². The number of hydrogen-bond donors (Lipinski definition) is 2. The van der Waals surface area contributed by atoms with Crippen molar-refractivity contribution in [3.05, 3.63) is 62.7 Å². The average Bonchev–Trinajstić information content (AvgIpc) is 2.52. The number of pyridine rings is 1. The largest absolute Gasteiger partial charge is 0.478 e. The predicted molar refractivity (Wildman–Crippen MR) is 79.7 cm³/mol. The average molecular weight is 372 g/mol. The first-order valence-electron chi connectivity index (χ1n) is 6.52. The number of aromatic carboxylic acids is 1. The zero-order valence-corrected chi connectivity index (χ0v) is 13.0. The van der Waals surface area contributed by atoms with E-state index in [4.69, 9.17) is 10.4 Å². The van der Waals surface area contributed by atoms with Gasteiger partial charge in [0.2, 0.25) is 5.56 Å². The number of alkyl halides is 3. The topological polar surface area (TPSA) is 94.0 Å². The third-order valence-corrected chi connectivity index (χ3v) is 4.14. The van der Waals surface area contributed by atoms with Crippen LogP contribution in [0.15, 0.2) is 34.1 Å². The number of carboxylic acids is 1. The molecule has 1 heterocycles. The number of nitrogens with one attached hydrogen (secondary N) is 1. The van der Waals surface area contributed by atoms with E-state index in [1.54, 1.807) is 0 Å². The van der Waals surface area contributed by atoms with Crippen LogP contribution in [0.25, 0.3) is 0 Å². The molecule has 1 aromatic carbocycles. The first kappa shape index (κ1) is 18.5. The van der Waals surface area contributed by atoms with Gasteiger partial charge in [-0.2, -0.15) is 18.4 Å². The number of H-pyrrole nitrogens is 1. The highest BCUT2D eigenvalue weighted by molar-refractivity contribution is 7.98. The molecule has 0 amide bonds. The minimum absolute atomic E-state index is 0.0907. The maximum Gasteiger partial charge on any atom is 0.417 e. The van der Waals surface area contributed by atoms with Crippen LogP contribution in [-0.4, -0.2) is 16.1 Å². The lowest BCUT2D eigenvalue weighted by atomic mass is 10.1. The van der Waals surface area contributed by atoms with Gasteiger partial charge < -0.3 is 10.1 Å². The van der Waals surface area contributed by atoms with E-state index in [0.717, 1.165) is 18.2 Å². The number of rotatable bonds is 4. The molecule has 0 bridgehead atoms. The molecule has 5 nitrogen and oxygen atoms in total. The molecule has 0 aliphatic rings. The van der Waals surface area contributed by atoms with E-state index >= 15 is 0 Å². The quantitative estimate of drug-likeness (QED) is 0.634. The molecule has 0 fully saturated rings. The van der Waals surface area contributed by atoms with Crippen LogP contribution in [0.1, 0.15) is 27.0 Å². The van der Waals surface area contributed by atoms with Crippen LogP contribution in [0.4, 0.5) is 17.6 Å². The van der Waals surface area contributed by atoms with E-state index in [1.165, 1.54) is 6.07 Å². The SMILES string of the molecule is N#Cc1c(C(F)(F)F)cc(=O)[nH]c1SCc1cc(C(=O)O)ccc1F. The lowest BCUT2D eigenvalue weighted by Crippen LogP contribution is -2.17. The first-order valence-corrected chi connectivity index (χ1v) is 7.51. The predicted octanol–water partition coefficient (Wildman–Crippen LogP) is 3.39. The van der Waals surface area contributed by atoms with Crippen molar-refractivity contribution >= 4 is 17.7 Å². The molecule has 2 N–H and O–H groups in total. The summed E-state index contributed by atoms with van der Waals surface area (Å²) in [5.41, 5.74) is -3.52. The van der Waals surface area contributed by atoms with E-state index in [-0.39, 0.29) is 28.0 Å². The number of benzene rings is 1. The van der Waals surface area contributed by atoms with Gasteiger partial charge in [0.25, 0.3) is 0 Å². The van der Waals surface area contributed by atoms with Crippen molar-refractivity contribution in [1.82, 2.24) is 4.98 Å². The Hall–Kier alpha value is -2.80. The maximum absolute atomic E-state index is 13.7. The number of hydrogen-bond acceptors (Lipinski definition) is 4. The second-order valence-electron chi connectivity index (χ2n) is 4.76. The highest BCUT2D eigenvalue weighted by atomic mass is 32.2. The molecule has 0 saturated heterocycles. The van der Waals surface area contributed by atoms with Crippen molar-refractivity contribution in [3.63, 3.8) is 0 Å². The maximum atomic E-state index is 13.7. The molecule has 2 rings (SSSR count). The second-order valence-corrected chi connectivity index (χ2v) is 5.75. The summed E-state index contributed by atoms with van der Waals surface area (Å²) in [7, 11) is 0. The number of carboxylic acid groups (broad SMARTS) is 1. The molecular formula is C15H8F4N2O3S. The van der Waals surface area contributed by atoms with Crippen molar-refractivity contribution in [2.75, 3.05) is 0 Å². The van der Waals surface area contributed by atoms with Crippen LogP contribution in [0.2, 0.25) is 0 Å². The van der Waals surface area contributed by atoms with Gasteiger partial charge >= 0.3 is 12.1 Å². The number of thioether (sulfide) groups is 1. The molecule has 0 radical (unpaired) electrons. The zero-order valence-electron chi connectivity index (χ0n) is 12.1. The minimum atomic E-state index is -4.90. The van der Waals surface area contributed by atoms with E-state index in [2.05, 4.69) is 4.98 Å². The molecular weight excluding hydrogens is 364 g/mol. The Morgan fingerprint density at radius 2 is 2.00 bits per heavy atom. The van der Waals surface area contributed by atoms with Gasteiger partial charge in [0.15, 0.2) is 0 Å². The van der Waals surface area contributed by atoms with Crippen LogP contribution < -0.4 is 5.56 Å². The zero-order chi connectivity index (χ0) is 18.8. The first-order chi connectivity index (χ1) is 11.6. The minimum Gasteiger partial charge on any atom is -0.478 e. The van der Waals surface area contributed by atoms with Crippen LogP contribution in [0, 0.1) is 17.1 Å². The number of nitrogens with zero attached hydrogens (tertiary/aromatic N) is 1. The summed E-state index contributed by atoms with van der Waals surface area (Å²) < 4.78 is 52.5. The molecule has 0 atom stereocenters. The Kier molecular flexibility index (Phi) is 5.18. The fourth-order valence-electron chi connectivity index (χ4n) is 1.95. The number of nitriles is 1. The van der Waals surface area contributed by atoms with Crippen LogP contribution in [-0.2, 0) is 11.9 Å². The molecule has 1 aromatic heterocycles. The molecule has 2 aromatic rings. The fourth-order valence-corrected chi connectivity index (χ4v) is 2.94. The van der Waals surface area contributed by atoms with E-state index in [1.807, 2.05) is 0 Å². The van der Waals surface area contributed by atoms with Gasteiger partial charge in [0.05, 0.1) is 21.7 Å². The third kappa shape index (κ3) is 4.19. The smallest absolute Gasteiger partial charge is 0.417 e. The van der Waals surface area contributed by atoms with Crippen LogP contribution in [0.5, 0.6) is 0 Å². The lowest BCUT2D eigenvalue weighted by Gasteiger charge is -2.11. The molecule has 0 aliphatic heterocycles. The lowest BCUT2D eigenvalue weighted by molar-refractivity contribution is -0.138. The van der Waals surface area contributed by atoms with Crippen LogP contribution in [0.3, 0.4) is 0 Å². The van der Waals surface area contributed by atoms with Gasteiger partial charge in [-0.1, -0.05) is 0 Å². The van der Waals surface area contributed by atoms with Gasteiger partial charge in [-0.3, -0.25) is 4.79 Å². The highest BCUT2D eigenvalue weighted by Gasteiger charge is 2.35. The summed E-state index contributed by atoms with van der Waals surface area (Å²) >= 11 is 0.593. The molecule has 0 unspecified atom stereocenters. The summed E-state index contributed by atoms with van der Waals surface area (Å²) in [6.45, 7) is 0. The Morgan fingerprint density at radius 3 is 2.56 bits per heavy atom. The third-order valence-electron chi connectivity index (χ3n) is 3.09. The Labute approximate surface area is 141 Å². The molecule has 0 spiro atoms. The molecule has 0 aliphatic carbocycles. The van der Waals surface area contributed by atoms with E-state index in [9.17, 15) is 27.2 Å². The molecule has 10 heteroatoms. The van der Waals surface area contributed by atoms with Gasteiger partial charge in [-0.25, -0.2) is 9.18 Å². The Morgan fingerprint density at radius 1 is 1.32 bits per heavy atom. The summed E-state index contributed by atoms with van der Waals surface area (Å²) in [5, 5.41) is 17.5. The Bertz CT molecular complexity index is 932. The summed E-state index contributed by atoms with van der Waals surface area (Å²) in [5.74, 6) is -2.33. The monoisotopic (exact) mass is 372 g/mol. The van der Waals surface area contributed by atoms with Crippen LogP contribution >= 0.6 is 11.8 Å². The van der Waals surface area contributed by atoms with Crippen molar-refractivity contribution in [2.45, 2.75) is 17.0 Å². The van der Waals surface area contributed by atoms with Gasteiger partial charge in [-0.05, 0) is 23.8 Å². The van der Waals surface area contributed by atoms with Crippen molar-refractivity contribution in [2.24, 2.45) is 0 Å². The van der Waals surface area contributed by atoms with E-state index in [0.29, 0.717) is 11.8 Å². The van der Waals surface area contributed by atoms with E-state index < -0.39 is 34.6 Å². The Balaban J connectivity index is 2.41. The summed E-state index contributed by atoms with van der Waals surface area (Å²) in [6, 6.07) is 4.64. The molecule has 130 valence electrons. The van der Waals surface area contributed by atoms with Gasteiger partial charge in [0.1, 0.15) is 11.9 Å². The van der Waals surface area contributed by atoms with Gasteiger partial charge in [0, 0.05) is 11.8 Å². The fraction of sp³-hybridized carbons (Fsp3) is 0.133. The number of aromatic amines is 1.